The molecule has 4 rings (SSSR count). The molecule has 2 heterocycles. The van der Waals surface area contributed by atoms with Gasteiger partial charge in [-0.15, -0.1) is 5.10 Å². The summed E-state index contributed by atoms with van der Waals surface area (Å²) in [6.07, 6.45) is 3.42. The largest absolute Gasteiger partial charge is 0.493 e. The van der Waals surface area contributed by atoms with Gasteiger partial charge in [0.15, 0.2) is 0 Å². The van der Waals surface area contributed by atoms with Crippen LogP contribution in [0.1, 0.15) is 66.2 Å². The first-order valence-electron chi connectivity index (χ1n) is 13.8. The Bertz CT molecular complexity index is 1310. The summed E-state index contributed by atoms with van der Waals surface area (Å²) in [7, 11) is 0. The number of ether oxygens (including phenoxy) is 1. The summed E-state index contributed by atoms with van der Waals surface area (Å²) in [5.74, 6) is -0.106. The van der Waals surface area contributed by atoms with Crippen molar-refractivity contribution < 1.29 is 19.1 Å². The number of nitrogens with zero attached hydrogens (tertiary/aromatic N) is 4. The lowest BCUT2D eigenvalue weighted by Crippen LogP contribution is -2.45. The van der Waals surface area contributed by atoms with Gasteiger partial charge < -0.3 is 20.3 Å². The Balaban J connectivity index is 1.48. The van der Waals surface area contributed by atoms with Crippen LogP contribution < -0.4 is 15.4 Å². The van der Waals surface area contributed by atoms with Crippen LogP contribution >= 0.6 is 0 Å². The number of aryl methyl sites for hydroxylation is 2. The Hall–Kier alpha value is -4.21. The number of fused-ring (bicyclic) bond motifs is 3. The molecule has 40 heavy (non-hydrogen) atoms. The lowest BCUT2D eigenvalue weighted by molar-refractivity contribution is -0.132. The van der Waals surface area contributed by atoms with Gasteiger partial charge in [0.1, 0.15) is 17.5 Å². The molecule has 2 aromatic carbocycles. The molecule has 1 aliphatic rings. The fraction of sp³-hybridized carbons (Fsp3) is 0.433. The van der Waals surface area contributed by atoms with Crippen LogP contribution in [0.5, 0.6) is 5.75 Å². The van der Waals surface area contributed by atoms with Gasteiger partial charge in [-0.1, -0.05) is 48.5 Å². The molecule has 0 unspecified atom stereocenters. The number of aromatic nitrogens is 3. The van der Waals surface area contributed by atoms with E-state index >= 15 is 0 Å². The minimum absolute atomic E-state index is 0.0187. The summed E-state index contributed by atoms with van der Waals surface area (Å²) in [4.78, 5) is 40.8. The second kappa shape index (κ2) is 13.7. The van der Waals surface area contributed by atoms with Gasteiger partial charge in [-0.25, -0.2) is 0 Å². The summed E-state index contributed by atoms with van der Waals surface area (Å²) in [5.41, 5.74) is 3.16. The van der Waals surface area contributed by atoms with Gasteiger partial charge in [-0.05, 0) is 49.4 Å². The lowest BCUT2D eigenvalue weighted by atomic mass is 9.97. The molecule has 0 fully saturated rings. The minimum atomic E-state index is -0.734. The number of carbonyl (C=O) groups is 3. The monoisotopic (exact) mass is 546 g/mol. The van der Waals surface area contributed by atoms with Gasteiger partial charge in [0.25, 0.3) is 5.91 Å². The van der Waals surface area contributed by atoms with Crippen molar-refractivity contribution in [2.75, 3.05) is 19.7 Å². The number of amides is 3. The van der Waals surface area contributed by atoms with Gasteiger partial charge >= 0.3 is 0 Å². The molecule has 3 amide bonds. The summed E-state index contributed by atoms with van der Waals surface area (Å²) in [6.45, 7) is 7.73. The zero-order valence-electron chi connectivity index (χ0n) is 23.4. The maximum absolute atomic E-state index is 13.4. The van der Waals surface area contributed by atoms with E-state index in [1.807, 2.05) is 62.5 Å². The molecule has 10 heteroatoms. The van der Waals surface area contributed by atoms with Crippen LogP contribution in [0, 0.1) is 6.92 Å². The van der Waals surface area contributed by atoms with Crippen LogP contribution in [0.2, 0.25) is 0 Å². The average Bonchev–Trinajstić information content (AvgIpc) is 3.39. The van der Waals surface area contributed by atoms with E-state index in [-0.39, 0.29) is 23.6 Å². The molecule has 0 radical (unpaired) electrons. The Kier molecular flexibility index (Phi) is 9.88. The molecule has 3 aromatic rings. The molecule has 10 nitrogen and oxygen atoms in total. The SMILES string of the molecule is Cc1ccc2c(c1)OCCCn1cc(nn1)CN(C(=O)C[C@H](C)c1ccccc1)CCCNC(=O)[C@@H](C)NC2=O. The van der Waals surface area contributed by atoms with Gasteiger partial charge in [0, 0.05) is 32.5 Å². The van der Waals surface area contributed by atoms with Crippen LogP contribution in [0.3, 0.4) is 0 Å². The predicted octanol–water partition coefficient (Wildman–Crippen LogP) is 3.22. The number of hydrogen-bond donors (Lipinski definition) is 2. The quantitative estimate of drug-likeness (QED) is 0.521. The number of hydrogen-bond acceptors (Lipinski definition) is 6. The molecule has 0 spiro atoms. The molecular formula is C30H38N6O4. The van der Waals surface area contributed by atoms with Crippen molar-refractivity contribution in [3.63, 3.8) is 0 Å². The topological polar surface area (TPSA) is 118 Å². The maximum atomic E-state index is 13.4. The van der Waals surface area contributed by atoms with Crippen LogP contribution in [0.4, 0.5) is 0 Å². The summed E-state index contributed by atoms with van der Waals surface area (Å²) in [5, 5.41) is 14.2. The average molecular weight is 547 g/mol. The Morgan fingerprint density at radius 2 is 1.93 bits per heavy atom. The van der Waals surface area contributed by atoms with Crippen molar-refractivity contribution in [3.8, 4) is 5.75 Å². The molecule has 0 saturated carbocycles. The van der Waals surface area contributed by atoms with E-state index in [0.29, 0.717) is 69.1 Å². The standard InChI is InChI=1S/C30H38N6O4/c1-21-11-12-26-27(17-21)40-16-8-15-36-20-25(33-34-36)19-35(14-7-13-31-29(38)23(3)32-30(26)39)28(37)18-22(2)24-9-5-4-6-10-24/h4-6,9-12,17,20,22-23H,7-8,13-16,18-19H2,1-3H3,(H,31,38)(H,32,39)/t22-,23+/m0/s1. The fourth-order valence-corrected chi connectivity index (χ4v) is 4.62. The van der Waals surface area contributed by atoms with Gasteiger partial charge in [0.2, 0.25) is 11.8 Å². The Morgan fingerprint density at radius 3 is 2.73 bits per heavy atom. The van der Waals surface area contributed by atoms with Crippen molar-refractivity contribution in [1.82, 2.24) is 30.5 Å². The predicted molar refractivity (Wildman–Crippen MR) is 151 cm³/mol. The highest BCUT2D eigenvalue weighted by Gasteiger charge is 2.22. The third-order valence-electron chi connectivity index (χ3n) is 6.96. The van der Waals surface area contributed by atoms with Crippen LogP contribution in [0.25, 0.3) is 0 Å². The number of nitrogens with one attached hydrogen (secondary N) is 2. The Morgan fingerprint density at radius 1 is 1.12 bits per heavy atom. The number of rotatable bonds is 3. The van der Waals surface area contributed by atoms with E-state index in [1.54, 1.807) is 22.6 Å². The van der Waals surface area contributed by atoms with E-state index < -0.39 is 6.04 Å². The van der Waals surface area contributed by atoms with E-state index in [4.69, 9.17) is 4.74 Å². The van der Waals surface area contributed by atoms with Crippen molar-refractivity contribution in [3.05, 3.63) is 77.1 Å². The first kappa shape index (κ1) is 28.8. The van der Waals surface area contributed by atoms with Crippen molar-refractivity contribution in [1.29, 1.82) is 0 Å². The van der Waals surface area contributed by atoms with E-state index in [0.717, 1.165) is 11.1 Å². The molecule has 0 saturated heterocycles. The van der Waals surface area contributed by atoms with Crippen molar-refractivity contribution in [2.24, 2.45) is 0 Å². The molecule has 1 aromatic heterocycles. The fourth-order valence-electron chi connectivity index (χ4n) is 4.62. The lowest BCUT2D eigenvalue weighted by Gasteiger charge is -2.24. The van der Waals surface area contributed by atoms with Crippen molar-refractivity contribution >= 4 is 17.7 Å². The van der Waals surface area contributed by atoms with Crippen LogP contribution in [-0.2, 0) is 22.7 Å². The van der Waals surface area contributed by atoms with Crippen LogP contribution in [-0.4, -0.2) is 63.4 Å². The van der Waals surface area contributed by atoms with E-state index in [9.17, 15) is 14.4 Å². The molecule has 2 N–H and O–H groups in total. The second-order valence-electron chi connectivity index (χ2n) is 10.3. The third kappa shape index (κ3) is 7.91. The Labute approximate surface area is 235 Å². The molecule has 1 aliphatic heterocycles. The summed E-state index contributed by atoms with van der Waals surface area (Å²) >= 11 is 0. The first-order chi connectivity index (χ1) is 19.3. The van der Waals surface area contributed by atoms with Crippen LogP contribution in [0.15, 0.2) is 54.7 Å². The normalized spacial score (nSPS) is 18.2. The second-order valence-corrected chi connectivity index (χ2v) is 10.3. The first-order valence-corrected chi connectivity index (χ1v) is 13.8. The molecule has 2 bridgehead atoms. The van der Waals surface area contributed by atoms with Gasteiger partial charge in [0.05, 0.1) is 24.9 Å². The number of benzene rings is 2. The van der Waals surface area contributed by atoms with Crippen molar-refractivity contribution in [2.45, 2.75) is 65.1 Å². The summed E-state index contributed by atoms with van der Waals surface area (Å²) < 4.78 is 7.70. The third-order valence-corrected chi connectivity index (χ3v) is 6.96. The zero-order valence-corrected chi connectivity index (χ0v) is 23.4. The highest BCUT2D eigenvalue weighted by molar-refractivity contribution is 5.99. The summed E-state index contributed by atoms with van der Waals surface area (Å²) in [6, 6.07) is 14.6. The highest BCUT2D eigenvalue weighted by Crippen LogP contribution is 2.22. The highest BCUT2D eigenvalue weighted by atomic mass is 16.5. The molecule has 212 valence electrons. The molecule has 2 atom stereocenters. The minimum Gasteiger partial charge on any atom is -0.493 e. The van der Waals surface area contributed by atoms with E-state index in [2.05, 4.69) is 20.9 Å². The maximum Gasteiger partial charge on any atom is 0.255 e. The smallest absolute Gasteiger partial charge is 0.255 e. The molecule has 0 aliphatic carbocycles. The van der Waals surface area contributed by atoms with Gasteiger partial charge in [-0.3, -0.25) is 19.1 Å². The van der Waals surface area contributed by atoms with Gasteiger partial charge in [-0.2, -0.15) is 0 Å². The van der Waals surface area contributed by atoms with E-state index in [1.165, 1.54) is 0 Å². The number of carbonyl (C=O) groups excluding carboxylic acids is 3. The zero-order chi connectivity index (χ0) is 28.5. The molecular weight excluding hydrogens is 508 g/mol.